The number of nitrogens with zero attached hydrogens (tertiary/aromatic N) is 1. The van der Waals surface area contributed by atoms with E-state index in [4.69, 9.17) is 9.84 Å². The molecule has 146 valence electrons. The number of anilines is 1. The van der Waals surface area contributed by atoms with Gasteiger partial charge in [0, 0.05) is 12.7 Å². The molecule has 0 fully saturated rings. The summed E-state index contributed by atoms with van der Waals surface area (Å²) >= 11 is 3.36. The number of hydrogen-bond donors (Lipinski definition) is 2. The van der Waals surface area contributed by atoms with Crippen molar-refractivity contribution in [3.05, 3.63) is 52.4 Å². The fraction of sp³-hybridized carbons (Fsp3) is 0.400. The van der Waals surface area contributed by atoms with Crippen LogP contribution >= 0.6 is 15.9 Å². The third-order valence-electron chi connectivity index (χ3n) is 3.91. The van der Waals surface area contributed by atoms with Crippen molar-refractivity contribution in [1.82, 2.24) is 4.98 Å². The summed E-state index contributed by atoms with van der Waals surface area (Å²) in [7, 11) is 0. The molecule has 0 bridgehead atoms. The molecule has 7 heteroatoms. The summed E-state index contributed by atoms with van der Waals surface area (Å²) < 4.78 is 20.5. The predicted octanol–water partition coefficient (Wildman–Crippen LogP) is 4.91. The Bertz CT molecular complexity index is 746. The molecule has 1 aromatic heterocycles. The van der Waals surface area contributed by atoms with Crippen LogP contribution in [0.25, 0.3) is 0 Å². The molecule has 0 saturated carbocycles. The Hall–Kier alpha value is -2.15. The van der Waals surface area contributed by atoms with Crippen molar-refractivity contribution in [3.8, 4) is 5.75 Å². The highest BCUT2D eigenvalue weighted by molar-refractivity contribution is 9.10. The molecule has 0 aliphatic carbocycles. The Morgan fingerprint density at radius 1 is 1.37 bits per heavy atom. The number of halogens is 2. The Morgan fingerprint density at radius 3 is 2.78 bits per heavy atom. The van der Waals surface area contributed by atoms with Crippen molar-refractivity contribution >= 4 is 27.7 Å². The highest BCUT2D eigenvalue weighted by Crippen LogP contribution is 2.33. The Balaban J connectivity index is 1.87. The normalized spacial score (nSPS) is 11.3. The third kappa shape index (κ3) is 7.17. The minimum absolute atomic E-state index is 0.0216. The second-order valence-corrected chi connectivity index (χ2v) is 8.00. The van der Waals surface area contributed by atoms with Crippen molar-refractivity contribution in [2.75, 3.05) is 18.5 Å². The molecule has 1 aromatic carbocycles. The lowest BCUT2D eigenvalue weighted by molar-refractivity contribution is -0.139. The number of hydrogen-bond acceptors (Lipinski definition) is 4. The minimum atomic E-state index is -0.862. The monoisotopic (exact) mass is 438 g/mol. The molecule has 0 spiro atoms. The molecular formula is C20H24BrFN2O3. The van der Waals surface area contributed by atoms with Crippen molar-refractivity contribution < 1.29 is 19.0 Å². The van der Waals surface area contributed by atoms with Gasteiger partial charge in [-0.3, -0.25) is 4.79 Å². The molecule has 5 nitrogen and oxygen atoms in total. The van der Waals surface area contributed by atoms with Crippen molar-refractivity contribution in [2.45, 2.75) is 33.1 Å². The molecule has 0 unspecified atom stereocenters. The van der Waals surface area contributed by atoms with Crippen LogP contribution in [-0.4, -0.2) is 29.2 Å². The minimum Gasteiger partial charge on any atom is -0.489 e. The quantitative estimate of drug-likeness (QED) is 0.515. The largest absolute Gasteiger partial charge is 0.489 e. The third-order valence-corrected chi connectivity index (χ3v) is 4.50. The van der Waals surface area contributed by atoms with E-state index in [1.807, 2.05) is 32.0 Å². The zero-order chi connectivity index (χ0) is 19.9. The van der Waals surface area contributed by atoms with Gasteiger partial charge in [-0.15, -0.1) is 0 Å². The van der Waals surface area contributed by atoms with Gasteiger partial charge in [-0.25, -0.2) is 9.37 Å². The smallest absolute Gasteiger partial charge is 0.303 e. The number of aliphatic carboxylic acids is 1. The predicted molar refractivity (Wildman–Crippen MR) is 107 cm³/mol. The summed E-state index contributed by atoms with van der Waals surface area (Å²) in [5.41, 5.74) is 0.270. The molecule has 2 N–H and O–H groups in total. The van der Waals surface area contributed by atoms with E-state index in [9.17, 15) is 9.18 Å². The first kappa shape index (κ1) is 21.2. The summed E-state index contributed by atoms with van der Waals surface area (Å²) in [5.74, 6) is -0.354. The van der Waals surface area contributed by atoms with Crippen LogP contribution < -0.4 is 10.1 Å². The van der Waals surface area contributed by atoms with Crippen LogP contribution in [0, 0.1) is 11.2 Å². The summed E-state index contributed by atoms with van der Waals surface area (Å²) in [6.45, 7) is 4.73. The van der Waals surface area contributed by atoms with Gasteiger partial charge in [0.25, 0.3) is 0 Å². The van der Waals surface area contributed by atoms with Gasteiger partial charge >= 0.3 is 5.97 Å². The number of carboxylic acid groups (broad SMARTS) is 1. The lowest BCUT2D eigenvalue weighted by atomic mass is 9.83. The molecule has 27 heavy (non-hydrogen) atoms. The maximum Gasteiger partial charge on any atom is 0.303 e. The SMILES string of the molecule is CC(C)(CC(=O)O)Cc1cc(F)c(OCCCNc2ccccn2)c(Br)c1. The first-order chi connectivity index (χ1) is 12.8. The van der Waals surface area contributed by atoms with Crippen LogP contribution in [0.1, 0.15) is 32.3 Å². The summed E-state index contributed by atoms with van der Waals surface area (Å²) in [4.78, 5) is 15.1. The van der Waals surface area contributed by atoms with E-state index in [0.29, 0.717) is 30.5 Å². The van der Waals surface area contributed by atoms with E-state index in [1.54, 1.807) is 12.3 Å². The number of benzene rings is 1. The molecule has 0 atom stereocenters. The van der Waals surface area contributed by atoms with E-state index in [-0.39, 0.29) is 12.2 Å². The van der Waals surface area contributed by atoms with Crippen LogP contribution in [0.5, 0.6) is 5.75 Å². The van der Waals surface area contributed by atoms with Crippen molar-refractivity contribution in [2.24, 2.45) is 5.41 Å². The zero-order valence-corrected chi connectivity index (χ0v) is 17.1. The van der Waals surface area contributed by atoms with E-state index >= 15 is 0 Å². The first-order valence-corrected chi connectivity index (χ1v) is 9.53. The maximum absolute atomic E-state index is 14.4. The highest BCUT2D eigenvalue weighted by Gasteiger charge is 2.23. The van der Waals surface area contributed by atoms with Gasteiger partial charge in [0.05, 0.1) is 17.5 Å². The Labute approximate surface area is 167 Å². The molecule has 0 aliphatic heterocycles. The standard InChI is InChI=1S/C20H24BrFN2O3/c1-20(2,13-18(25)26)12-14-10-15(21)19(16(22)11-14)27-9-5-8-24-17-6-3-4-7-23-17/h3-4,6-7,10-11H,5,8-9,12-13H2,1-2H3,(H,23,24)(H,25,26). The first-order valence-electron chi connectivity index (χ1n) is 8.74. The molecule has 0 aliphatic rings. The number of carbonyl (C=O) groups is 1. The average Bonchev–Trinajstić information content (AvgIpc) is 2.56. The molecule has 0 amide bonds. The van der Waals surface area contributed by atoms with E-state index in [1.165, 1.54) is 6.07 Å². The van der Waals surface area contributed by atoms with Gasteiger partial charge in [-0.2, -0.15) is 0 Å². The lowest BCUT2D eigenvalue weighted by Crippen LogP contribution is -2.19. The second kappa shape index (κ2) is 9.69. The van der Waals surface area contributed by atoms with E-state index in [0.717, 1.165) is 11.4 Å². The van der Waals surface area contributed by atoms with Gasteiger partial charge in [0.15, 0.2) is 11.6 Å². The molecule has 0 radical (unpaired) electrons. The number of aromatic nitrogens is 1. The zero-order valence-electron chi connectivity index (χ0n) is 15.5. The molecule has 2 aromatic rings. The van der Waals surface area contributed by atoms with Crippen LogP contribution in [0.2, 0.25) is 0 Å². The Kier molecular flexibility index (Phi) is 7.59. The number of nitrogens with one attached hydrogen (secondary N) is 1. The highest BCUT2D eigenvalue weighted by atomic mass is 79.9. The van der Waals surface area contributed by atoms with Gasteiger partial charge in [-0.1, -0.05) is 19.9 Å². The van der Waals surface area contributed by atoms with Gasteiger partial charge in [0.1, 0.15) is 5.82 Å². The Morgan fingerprint density at radius 2 is 2.15 bits per heavy atom. The molecule has 2 rings (SSSR count). The topological polar surface area (TPSA) is 71.5 Å². The fourth-order valence-corrected chi connectivity index (χ4v) is 3.40. The number of ether oxygens (including phenoxy) is 1. The van der Waals surface area contributed by atoms with Crippen LogP contribution in [0.3, 0.4) is 0 Å². The molecular weight excluding hydrogens is 415 g/mol. The number of pyridine rings is 1. The fourth-order valence-electron chi connectivity index (χ4n) is 2.81. The summed E-state index contributed by atoms with van der Waals surface area (Å²) in [6.07, 6.45) is 2.89. The van der Waals surface area contributed by atoms with Crippen molar-refractivity contribution in [3.63, 3.8) is 0 Å². The maximum atomic E-state index is 14.4. The lowest BCUT2D eigenvalue weighted by Gasteiger charge is -2.23. The summed E-state index contributed by atoms with van der Waals surface area (Å²) in [6, 6.07) is 8.82. The second-order valence-electron chi connectivity index (χ2n) is 7.14. The van der Waals surface area contributed by atoms with E-state index in [2.05, 4.69) is 26.2 Å². The molecule has 1 heterocycles. The van der Waals surface area contributed by atoms with Crippen LogP contribution in [-0.2, 0) is 11.2 Å². The number of carboxylic acids is 1. The average molecular weight is 439 g/mol. The van der Waals surface area contributed by atoms with Gasteiger partial charge in [0.2, 0.25) is 0 Å². The summed E-state index contributed by atoms with van der Waals surface area (Å²) in [5, 5.41) is 12.1. The van der Waals surface area contributed by atoms with E-state index < -0.39 is 17.2 Å². The van der Waals surface area contributed by atoms with Crippen LogP contribution in [0.4, 0.5) is 10.2 Å². The van der Waals surface area contributed by atoms with Gasteiger partial charge in [-0.05, 0) is 64.0 Å². The number of rotatable bonds is 10. The van der Waals surface area contributed by atoms with Gasteiger partial charge < -0.3 is 15.2 Å². The molecule has 0 saturated heterocycles. The van der Waals surface area contributed by atoms with Crippen LogP contribution in [0.15, 0.2) is 41.0 Å². The van der Waals surface area contributed by atoms with Crippen molar-refractivity contribution in [1.29, 1.82) is 0 Å².